The molecule has 3 heterocycles. The Morgan fingerprint density at radius 1 is 1.29 bits per heavy atom. The van der Waals surface area contributed by atoms with E-state index in [9.17, 15) is 4.79 Å². The molecule has 0 aromatic carbocycles. The normalized spacial score (nSPS) is 17.6. The molecule has 1 atom stereocenters. The number of anilines is 1. The number of amides is 1. The van der Waals surface area contributed by atoms with Gasteiger partial charge in [-0.3, -0.25) is 9.78 Å². The van der Waals surface area contributed by atoms with Gasteiger partial charge in [0.25, 0.3) is 5.91 Å². The first kappa shape index (κ1) is 16.3. The third-order valence-electron chi connectivity index (χ3n) is 4.26. The number of hydrogen-bond acceptors (Lipinski definition) is 6. The first-order valence-electron chi connectivity index (χ1n) is 8.19. The molecule has 0 saturated carbocycles. The van der Waals surface area contributed by atoms with E-state index in [4.69, 9.17) is 0 Å². The summed E-state index contributed by atoms with van der Waals surface area (Å²) in [5, 5.41) is 7.73. The second-order valence-electron chi connectivity index (χ2n) is 6.29. The third kappa shape index (κ3) is 3.67. The van der Waals surface area contributed by atoms with Gasteiger partial charge in [0.1, 0.15) is 5.82 Å². The van der Waals surface area contributed by atoms with E-state index in [1.54, 1.807) is 30.7 Å². The Bertz CT molecular complexity index is 690. The fourth-order valence-corrected chi connectivity index (χ4v) is 3.14. The average Bonchev–Trinajstić information content (AvgIpc) is 2.62. The molecule has 7 heteroatoms. The van der Waals surface area contributed by atoms with Crippen molar-refractivity contribution in [3.63, 3.8) is 0 Å². The van der Waals surface area contributed by atoms with Crippen LogP contribution in [0.5, 0.6) is 0 Å². The summed E-state index contributed by atoms with van der Waals surface area (Å²) in [6, 6.07) is 3.45. The fourth-order valence-electron chi connectivity index (χ4n) is 3.14. The van der Waals surface area contributed by atoms with Crippen LogP contribution in [-0.4, -0.2) is 58.2 Å². The SMILES string of the molecule is CN(C)c1nccnc1C[C@H]1CCCN(C(=O)c2cccnn2)C1. The van der Waals surface area contributed by atoms with Crippen LogP contribution in [0.3, 0.4) is 0 Å². The molecular formula is C17H22N6O. The molecule has 7 nitrogen and oxygen atoms in total. The molecule has 0 aliphatic carbocycles. The Morgan fingerprint density at radius 3 is 2.88 bits per heavy atom. The van der Waals surface area contributed by atoms with Crippen molar-refractivity contribution in [3.8, 4) is 0 Å². The van der Waals surface area contributed by atoms with Crippen LogP contribution in [0.2, 0.25) is 0 Å². The van der Waals surface area contributed by atoms with Crippen molar-refractivity contribution in [2.24, 2.45) is 5.92 Å². The van der Waals surface area contributed by atoms with Gasteiger partial charge in [0.15, 0.2) is 5.69 Å². The minimum atomic E-state index is -0.0419. The minimum Gasteiger partial charge on any atom is -0.361 e. The molecule has 0 spiro atoms. The van der Waals surface area contributed by atoms with Gasteiger partial charge in [-0.25, -0.2) is 4.98 Å². The average molecular weight is 326 g/mol. The van der Waals surface area contributed by atoms with Crippen molar-refractivity contribution in [1.29, 1.82) is 0 Å². The topological polar surface area (TPSA) is 75.1 Å². The molecule has 0 radical (unpaired) electrons. The summed E-state index contributed by atoms with van der Waals surface area (Å²) in [5.74, 6) is 1.24. The van der Waals surface area contributed by atoms with Gasteiger partial charge >= 0.3 is 0 Å². The number of likely N-dealkylation sites (tertiary alicyclic amines) is 1. The van der Waals surface area contributed by atoms with Crippen LogP contribution in [0.15, 0.2) is 30.7 Å². The second-order valence-corrected chi connectivity index (χ2v) is 6.29. The predicted molar refractivity (Wildman–Crippen MR) is 90.7 cm³/mol. The highest BCUT2D eigenvalue weighted by Gasteiger charge is 2.26. The van der Waals surface area contributed by atoms with Crippen LogP contribution in [0.1, 0.15) is 29.0 Å². The lowest BCUT2D eigenvalue weighted by Crippen LogP contribution is -2.41. The molecule has 3 rings (SSSR count). The van der Waals surface area contributed by atoms with Gasteiger partial charge in [-0.1, -0.05) is 0 Å². The summed E-state index contributed by atoms with van der Waals surface area (Å²) in [7, 11) is 3.94. The molecule has 0 N–H and O–H groups in total. The van der Waals surface area contributed by atoms with Crippen LogP contribution >= 0.6 is 0 Å². The first-order valence-corrected chi connectivity index (χ1v) is 8.19. The van der Waals surface area contributed by atoms with Gasteiger partial charge in [-0.15, -0.1) is 5.10 Å². The molecule has 1 aliphatic rings. The molecule has 24 heavy (non-hydrogen) atoms. The third-order valence-corrected chi connectivity index (χ3v) is 4.26. The summed E-state index contributed by atoms with van der Waals surface area (Å²) >= 11 is 0. The summed E-state index contributed by atoms with van der Waals surface area (Å²) in [6.07, 6.45) is 7.93. The number of carbonyl (C=O) groups excluding carboxylic acids is 1. The van der Waals surface area contributed by atoms with Gasteiger partial charge in [0.05, 0.1) is 5.69 Å². The van der Waals surface area contributed by atoms with E-state index >= 15 is 0 Å². The van der Waals surface area contributed by atoms with Gasteiger partial charge in [-0.2, -0.15) is 5.10 Å². The zero-order valence-electron chi connectivity index (χ0n) is 14.1. The Labute approximate surface area is 141 Å². The van der Waals surface area contributed by atoms with E-state index in [0.717, 1.165) is 43.9 Å². The largest absolute Gasteiger partial charge is 0.361 e. The summed E-state index contributed by atoms with van der Waals surface area (Å²) in [6.45, 7) is 1.49. The van der Waals surface area contributed by atoms with Crippen LogP contribution in [0.25, 0.3) is 0 Å². The highest BCUT2D eigenvalue weighted by molar-refractivity contribution is 5.92. The molecule has 0 unspecified atom stereocenters. The minimum absolute atomic E-state index is 0.0419. The van der Waals surface area contributed by atoms with Crippen LogP contribution < -0.4 is 4.90 Å². The van der Waals surface area contributed by atoms with Crippen molar-refractivity contribution in [2.75, 3.05) is 32.1 Å². The van der Waals surface area contributed by atoms with Crippen molar-refractivity contribution >= 4 is 11.7 Å². The monoisotopic (exact) mass is 326 g/mol. The quantitative estimate of drug-likeness (QED) is 0.846. The van der Waals surface area contributed by atoms with E-state index in [2.05, 4.69) is 20.2 Å². The number of carbonyl (C=O) groups is 1. The van der Waals surface area contributed by atoms with E-state index in [1.807, 2.05) is 23.9 Å². The lowest BCUT2D eigenvalue weighted by molar-refractivity contribution is 0.0665. The van der Waals surface area contributed by atoms with E-state index in [0.29, 0.717) is 11.6 Å². The van der Waals surface area contributed by atoms with Gasteiger partial charge in [0, 0.05) is 45.8 Å². The maximum atomic E-state index is 12.6. The van der Waals surface area contributed by atoms with Crippen molar-refractivity contribution in [3.05, 3.63) is 42.1 Å². The fraction of sp³-hybridized carbons (Fsp3) is 0.471. The van der Waals surface area contributed by atoms with Crippen molar-refractivity contribution in [2.45, 2.75) is 19.3 Å². The summed E-state index contributed by atoms with van der Waals surface area (Å²) in [4.78, 5) is 25.3. The Balaban J connectivity index is 1.69. The highest BCUT2D eigenvalue weighted by atomic mass is 16.2. The van der Waals surface area contributed by atoms with E-state index < -0.39 is 0 Å². The first-order chi connectivity index (χ1) is 11.6. The molecule has 126 valence electrons. The number of aromatic nitrogens is 4. The molecule has 0 bridgehead atoms. The number of hydrogen-bond donors (Lipinski definition) is 0. The zero-order chi connectivity index (χ0) is 16.9. The lowest BCUT2D eigenvalue weighted by atomic mass is 9.93. The Morgan fingerprint density at radius 2 is 2.12 bits per heavy atom. The number of piperidine rings is 1. The van der Waals surface area contributed by atoms with Crippen LogP contribution in [-0.2, 0) is 6.42 Å². The maximum Gasteiger partial charge on any atom is 0.274 e. The second kappa shape index (κ2) is 7.33. The molecule has 2 aromatic rings. The van der Waals surface area contributed by atoms with E-state index in [1.165, 1.54) is 0 Å². The Kier molecular flexibility index (Phi) is 4.98. The van der Waals surface area contributed by atoms with Gasteiger partial charge in [-0.05, 0) is 37.3 Å². The smallest absolute Gasteiger partial charge is 0.274 e. The molecule has 1 saturated heterocycles. The van der Waals surface area contributed by atoms with E-state index in [-0.39, 0.29) is 5.91 Å². The number of nitrogens with zero attached hydrogens (tertiary/aromatic N) is 6. The summed E-state index contributed by atoms with van der Waals surface area (Å²) in [5.41, 5.74) is 1.40. The zero-order valence-corrected chi connectivity index (χ0v) is 14.1. The standard InChI is InChI=1S/C17H22N6O/c1-22(2)16-15(18-8-9-19-16)11-13-5-4-10-23(12-13)17(24)14-6-3-7-20-21-14/h3,6-9,13H,4-5,10-12H2,1-2H3/t13-/m1/s1. The van der Waals surface area contributed by atoms with Gasteiger partial charge < -0.3 is 9.80 Å². The highest BCUT2D eigenvalue weighted by Crippen LogP contribution is 2.24. The van der Waals surface area contributed by atoms with Crippen LogP contribution in [0.4, 0.5) is 5.82 Å². The summed E-state index contributed by atoms with van der Waals surface area (Å²) < 4.78 is 0. The molecule has 1 fully saturated rings. The van der Waals surface area contributed by atoms with Crippen LogP contribution in [0, 0.1) is 5.92 Å². The number of rotatable bonds is 4. The maximum absolute atomic E-state index is 12.6. The molecule has 2 aromatic heterocycles. The molecule has 1 amide bonds. The lowest BCUT2D eigenvalue weighted by Gasteiger charge is -2.32. The van der Waals surface area contributed by atoms with Crippen molar-refractivity contribution < 1.29 is 4.79 Å². The van der Waals surface area contributed by atoms with Gasteiger partial charge in [0.2, 0.25) is 0 Å². The Hall–Kier alpha value is -2.57. The molecule has 1 aliphatic heterocycles. The van der Waals surface area contributed by atoms with Crippen molar-refractivity contribution in [1.82, 2.24) is 25.1 Å². The molecular weight excluding hydrogens is 304 g/mol. The predicted octanol–water partition coefficient (Wildman–Crippen LogP) is 1.43.